The Morgan fingerprint density at radius 2 is 2.05 bits per heavy atom. The number of nitrogens with one attached hydrogen (secondary N) is 1. The fraction of sp³-hybridized carbons (Fsp3) is 0.375. The molecule has 1 N–H and O–H groups in total. The largest absolute Gasteiger partial charge is 0.328 e. The van der Waals surface area contributed by atoms with Gasteiger partial charge in [-0.1, -0.05) is 24.3 Å². The lowest BCUT2D eigenvalue weighted by molar-refractivity contribution is 0.441. The predicted molar refractivity (Wildman–Crippen MR) is 86.1 cm³/mol. The van der Waals surface area contributed by atoms with Gasteiger partial charge in [0.1, 0.15) is 5.52 Å². The van der Waals surface area contributed by atoms with E-state index in [0.717, 1.165) is 40.9 Å². The van der Waals surface area contributed by atoms with E-state index in [-0.39, 0.29) is 0 Å². The number of fused-ring (bicyclic) bond motifs is 2. The summed E-state index contributed by atoms with van der Waals surface area (Å²) in [6, 6.07) is 9.15. The van der Waals surface area contributed by atoms with E-state index >= 15 is 0 Å². The average Bonchev–Trinajstić information content (AvgIpc) is 2.96. The van der Waals surface area contributed by atoms with E-state index < -0.39 is 0 Å². The predicted octanol–water partition coefficient (Wildman–Crippen LogP) is 3.47. The van der Waals surface area contributed by atoms with Gasteiger partial charge in [0.25, 0.3) is 0 Å². The first-order valence-corrected chi connectivity index (χ1v) is 7.76. The van der Waals surface area contributed by atoms with Crippen LogP contribution in [0.3, 0.4) is 0 Å². The minimum Gasteiger partial charge on any atom is -0.328 e. The molecule has 21 heavy (non-hydrogen) atoms. The molecule has 0 spiro atoms. The molecule has 4 nitrogen and oxygen atoms in total. The molecule has 1 unspecified atom stereocenters. The summed E-state index contributed by atoms with van der Waals surface area (Å²) >= 11 is 5.57. The molecule has 0 fully saturated rings. The number of aromatic nitrogens is 4. The second kappa shape index (κ2) is 4.56. The summed E-state index contributed by atoms with van der Waals surface area (Å²) in [6.45, 7) is 2.02. The van der Waals surface area contributed by atoms with Crippen molar-refractivity contribution < 1.29 is 0 Å². The van der Waals surface area contributed by atoms with Crippen LogP contribution in [0.25, 0.3) is 11.2 Å². The van der Waals surface area contributed by atoms with E-state index in [2.05, 4.69) is 38.9 Å². The number of H-pyrrole nitrogens is 1. The van der Waals surface area contributed by atoms with Gasteiger partial charge in [-0.2, -0.15) is 5.10 Å². The van der Waals surface area contributed by atoms with E-state index in [0.29, 0.717) is 6.04 Å². The van der Waals surface area contributed by atoms with Gasteiger partial charge in [-0.15, -0.1) is 0 Å². The molecule has 2 heterocycles. The molecule has 0 aliphatic heterocycles. The van der Waals surface area contributed by atoms with Crippen LogP contribution in [0.15, 0.2) is 24.3 Å². The molecule has 5 heteroatoms. The summed E-state index contributed by atoms with van der Waals surface area (Å²) in [7, 11) is 1.99. The second-order valence-electron chi connectivity index (χ2n) is 5.87. The van der Waals surface area contributed by atoms with Crippen LogP contribution in [-0.2, 0) is 19.9 Å². The zero-order valence-corrected chi connectivity index (χ0v) is 13.1. The number of aromatic amines is 1. The smallest absolute Gasteiger partial charge is 0.179 e. The topological polar surface area (TPSA) is 38.5 Å². The molecular weight excluding hydrogens is 280 g/mol. The Labute approximate surface area is 128 Å². The summed E-state index contributed by atoms with van der Waals surface area (Å²) in [6.07, 6.45) is 3.29. The van der Waals surface area contributed by atoms with E-state index in [4.69, 9.17) is 12.2 Å². The van der Waals surface area contributed by atoms with Gasteiger partial charge in [0, 0.05) is 13.1 Å². The standard InChI is InChI=1S/C16H18N4S/c1-10-14-15(19(2)18-10)20(16(21)17-14)13-8-7-11-5-3-4-6-12(11)9-13/h3-6,13H,7-9H2,1-2H3,(H,17,21). The number of rotatable bonds is 1. The normalized spacial score (nSPS) is 18.1. The fourth-order valence-corrected chi connectivity index (χ4v) is 3.91. The van der Waals surface area contributed by atoms with Crippen molar-refractivity contribution in [2.24, 2.45) is 7.05 Å². The Bertz CT molecular complexity index is 883. The highest BCUT2D eigenvalue weighted by Gasteiger charge is 2.24. The monoisotopic (exact) mass is 298 g/mol. The van der Waals surface area contributed by atoms with Gasteiger partial charge >= 0.3 is 0 Å². The molecule has 0 saturated heterocycles. The van der Waals surface area contributed by atoms with Gasteiger partial charge in [0.15, 0.2) is 10.4 Å². The lowest BCUT2D eigenvalue weighted by Crippen LogP contribution is -2.19. The number of aryl methyl sites for hydroxylation is 3. The zero-order chi connectivity index (χ0) is 14.6. The van der Waals surface area contributed by atoms with Gasteiger partial charge < -0.3 is 4.98 Å². The summed E-state index contributed by atoms with van der Waals surface area (Å²) < 4.78 is 5.02. The third-order valence-corrected chi connectivity index (χ3v) is 4.86. The maximum Gasteiger partial charge on any atom is 0.179 e. The Kier molecular flexibility index (Phi) is 2.79. The quantitative estimate of drug-likeness (QED) is 0.699. The number of hydrogen-bond donors (Lipinski definition) is 1. The van der Waals surface area contributed by atoms with E-state index in [9.17, 15) is 0 Å². The van der Waals surface area contributed by atoms with Crippen LogP contribution in [0.5, 0.6) is 0 Å². The van der Waals surface area contributed by atoms with E-state index in [1.807, 2.05) is 18.7 Å². The minimum atomic E-state index is 0.413. The van der Waals surface area contributed by atoms with Crippen molar-refractivity contribution >= 4 is 23.4 Å². The molecule has 0 saturated carbocycles. The zero-order valence-electron chi connectivity index (χ0n) is 12.3. The van der Waals surface area contributed by atoms with Crippen LogP contribution in [0.2, 0.25) is 0 Å². The van der Waals surface area contributed by atoms with E-state index in [1.54, 1.807) is 0 Å². The summed E-state index contributed by atoms with van der Waals surface area (Å²) in [4.78, 5) is 3.33. The molecule has 1 aliphatic carbocycles. The molecule has 108 valence electrons. The number of hydrogen-bond acceptors (Lipinski definition) is 2. The highest BCUT2D eigenvalue weighted by molar-refractivity contribution is 7.71. The molecular formula is C16H18N4S. The van der Waals surface area contributed by atoms with Crippen LogP contribution >= 0.6 is 12.2 Å². The molecule has 3 aromatic rings. The SMILES string of the molecule is Cc1nn(C)c2c1[nH]c(=S)n2C1CCc2ccccc2C1. The Morgan fingerprint density at radius 1 is 1.29 bits per heavy atom. The van der Waals surface area contributed by atoms with Crippen LogP contribution in [0.1, 0.15) is 29.3 Å². The van der Waals surface area contributed by atoms with E-state index in [1.165, 1.54) is 11.1 Å². The Morgan fingerprint density at radius 3 is 2.86 bits per heavy atom. The van der Waals surface area contributed by atoms with Crippen molar-refractivity contribution in [2.75, 3.05) is 0 Å². The van der Waals surface area contributed by atoms with Gasteiger partial charge in [0.2, 0.25) is 0 Å². The second-order valence-corrected chi connectivity index (χ2v) is 6.26. The van der Waals surface area contributed by atoms with Crippen LogP contribution in [-0.4, -0.2) is 19.3 Å². The molecule has 2 aromatic heterocycles. The Hall–Kier alpha value is -1.88. The molecule has 1 aromatic carbocycles. The van der Waals surface area contributed by atoms with Crippen LogP contribution in [0.4, 0.5) is 0 Å². The van der Waals surface area contributed by atoms with Crippen molar-refractivity contribution in [1.82, 2.24) is 19.3 Å². The summed E-state index contributed by atoms with van der Waals surface area (Å²) in [5.41, 5.74) is 6.12. The molecule has 0 bridgehead atoms. The van der Waals surface area contributed by atoms with Gasteiger partial charge in [-0.3, -0.25) is 9.25 Å². The molecule has 1 aliphatic rings. The van der Waals surface area contributed by atoms with Gasteiger partial charge in [-0.25, -0.2) is 0 Å². The number of imidazole rings is 1. The Balaban J connectivity index is 1.85. The fourth-order valence-electron chi connectivity index (χ4n) is 3.57. The van der Waals surface area contributed by atoms with Crippen molar-refractivity contribution in [3.05, 3.63) is 45.9 Å². The van der Waals surface area contributed by atoms with Gasteiger partial charge in [-0.05, 0) is 49.5 Å². The molecule has 0 radical (unpaired) electrons. The first-order valence-electron chi connectivity index (χ1n) is 7.35. The first-order chi connectivity index (χ1) is 10.1. The maximum absolute atomic E-state index is 5.57. The average molecular weight is 298 g/mol. The third-order valence-electron chi connectivity index (χ3n) is 4.56. The molecule has 1 atom stereocenters. The van der Waals surface area contributed by atoms with Gasteiger partial charge in [0.05, 0.1) is 5.69 Å². The van der Waals surface area contributed by atoms with Crippen LogP contribution in [0, 0.1) is 11.7 Å². The minimum absolute atomic E-state index is 0.413. The van der Waals surface area contributed by atoms with Crippen LogP contribution < -0.4 is 0 Å². The van der Waals surface area contributed by atoms with Crippen molar-refractivity contribution in [2.45, 2.75) is 32.2 Å². The molecule has 0 amide bonds. The number of benzene rings is 1. The highest BCUT2D eigenvalue weighted by atomic mass is 32.1. The van der Waals surface area contributed by atoms with Crippen molar-refractivity contribution in [3.63, 3.8) is 0 Å². The summed E-state index contributed by atoms with van der Waals surface area (Å²) in [5.74, 6) is 0. The van der Waals surface area contributed by atoms with Crippen molar-refractivity contribution in [1.29, 1.82) is 0 Å². The van der Waals surface area contributed by atoms with Crippen molar-refractivity contribution in [3.8, 4) is 0 Å². The lowest BCUT2D eigenvalue weighted by atomic mass is 9.88. The lowest BCUT2D eigenvalue weighted by Gasteiger charge is -2.26. The summed E-state index contributed by atoms with van der Waals surface area (Å²) in [5, 5.41) is 4.51. The first kappa shape index (κ1) is 12.8. The third kappa shape index (κ3) is 1.87. The number of nitrogens with zero attached hydrogens (tertiary/aromatic N) is 3. The highest BCUT2D eigenvalue weighted by Crippen LogP contribution is 2.32. The maximum atomic E-state index is 5.57. The molecule has 4 rings (SSSR count).